The van der Waals surface area contributed by atoms with Gasteiger partial charge in [-0.25, -0.2) is 14.4 Å². The number of H-pyrrole nitrogens is 1. The summed E-state index contributed by atoms with van der Waals surface area (Å²) in [4.78, 5) is 38.7. The third kappa shape index (κ3) is 5.38. The number of aromatic nitrogens is 3. The quantitative estimate of drug-likeness (QED) is 0.368. The molecule has 0 unspecified atom stereocenters. The smallest absolute Gasteiger partial charge is 0.258 e. The van der Waals surface area contributed by atoms with Gasteiger partial charge in [0, 0.05) is 29.6 Å². The third-order valence-electron chi connectivity index (χ3n) is 5.30. The number of methoxy groups -OCH3 is 2. The fraction of sp³-hybridized carbons (Fsp3) is 0.200. The van der Waals surface area contributed by atoms with Gasteiger partial charge in [0.1, 0.15) is 16.6 Å². The first-order chi connectivity index (χ1) is 16.9. The first-order valence-corrected chi connectivity index (χ1v) is 11.6. The number of thiazole rings is 1. The molecule has 2 aromatic heterocycles. The average Bonchev–Trinajstić information content (AvgIpc) is 3.34. The highest BCUT2D eigenvalue weighted by Crippen LogP contribution is 2.30. The first kappa shape index (κ1) is 24.1. The SMILES string of the molecule is CCN(Cc1nc2cc(OC)c(OC)cc2c(=O)[nH]1)C(=O)/C=C/c1csc(-c2ccc(F)cc2)n1. The van der Waals surface area contributed by atoms with Crippen LogP contribution in [0.3, 0.4) is 0 Å². The van der Waals surface area contributed by atoms with Crippen LogP contribution in [0.4, 0.5) is 4.39 Å². The van der Waals surface area contributed by atoms with Gasteiger partial charge in [0.15, 0.2) is 11.5 Å². The molecule has 10 heteroatoms. The second-order valence-electron chi connectivity index (χ2n) is 7.51. The summed E-state index contributed by atoms with van der Waals surface area (Å²) in [5.41, 5.74) is 1.53. The Hall–Kier alpha value is -4.05. The van der Waals surface area contributed by atoms with Crippen molar-refractivity contribution in [1.29, 1.82) is 0 Å². The molecule has 180 valence electrons. The standard InChI is InChI=1S/C25H23FN4O4S/c1-4-30(13-22-28-19-12-21(34-3)20(33-2)11-18(19)24(32)29-22)23(31)10-9-17-14-35-25(27-17)15-5-7-16(26)8-6-15/h5-12,14H,4,13H2,1-3H3,(H,28,29,32)/b10-9+. The van der Waals surface area contributed by atoms with Crippen LogP contribution in [0.5, 0.6) is 11.5 Å². The van der Waals surface area contributed by atoms with Crippen molar-refractivity contribution in [3.05, 3.63) is 75.5 Å². The van der Waals surface area contributed by atoms with Crippen LogP contribution >= 0.6 is 11.3 Å². The highest BCUT2D eigenvalue weighted by atomic mass is 32.1. The Balaban J connectivity index is 1.51. The summed E-state index contributed by atoms with van der Waals surface area (Å²) in [6.07, 6.45) is 3.06. The molecule has 1 N–H and O–H groups in total. The Bertz CT molecular complexity index is 1450. The maximum Gasteiger partial charge on any atom is 0.258 e. The Kier molecular flexibility index (Phi) is 7.21. The molecule has 0 radical (unpaired) electrons. The van der Waals surface area contributed by atoms with E-state index in [1.165, 1.54) is 43.8 Å². The van der Waals surface area contributed by atoms with Gasteiger partial charge in [0.05, 0.1) is 37.4 Å². The molecule has 2 heterocycles. The molecule has 4 rings (SSSR count). The number of nitrogens with zero attached hydrogens (tertiary/aromatic N) is 3. The number of aromatic amines is 1. The van der Waals surface area contributed by atoms with E-state index in [-0.39, 0.29) is 23.8 Å². The normalized spacial score (nSPS) is 11.2. The van der Waals surface area contributed by atoms with Crippen LogP contribution in [0.25, 0.3) is 27.6 Å². The summed E-state index contributed by atoms with van der Waals surface area (Å²) < 4.78 is 23.7. The number of carbonyl (C=O) groups is 1. The summed E-state index contributed by atoms with van der Waals surface area (Å²) >= 11 is 1.41. The maximum atomic E-state index is 13.1. The predicted molar refractivity (Wildman–Crippen MR) is 133 cm³/mol. The fourth-order valence-corrected chi connectivity index (χ4v) is 4.26. The maximum absolute atomic E-state index is 13.1. The Morgan fingerprint density at radius 2 is 1.86 bits per heavy atom. The third-order valence-corrected chi connectivity index (χ3v) is 6.21. The van der Waals surface area contributed by atoms with E-state index in [2.05, 4.69) is 15.0 Å². The summed E-state index contributed by atoms with van der Waals surface area (Å²) in [7, 11) is 3.00. The predicted octanol–water partition coefficient (Wildman–Crippen LogP) is 4.26. The molecule has 0 aliphatic carbocycles. The van der Waals surface area contributed by atoms with Gasteiger partial charge in [-0.15, -0.1) is 11.3 Å². The molecule has 0 bridgehead atoms. The van der Waals surface area contributed by atoms with Gasteiger partial charge >= 0.3 is 0 Å². The van der Waals surface area contributed by atoms with Crippen LogP contribution in [0, 0.1) is 5.82 Å². The number of carbonyl (C=O) groups excluding carboxylic acids is 1. The van der Waals surface area contributed by atoms with E-state index in [4.69, 9.17) is 9.47 Å². The molecule has 0 spiro atoms. The summed E-state index contributed by atoms with van der Waals surface area (Å²) in [5, 5.41) is 2.92. The van der Waals surface area contributed by atoms with E-state index >= 15 is 0 Å². The van der Waals surface area contributed by atoms with Gasteiger partial charge in [-0.3, -0.25) is 9.59 Å². The summed E-state index contributed by atoms with van der Waals surface area (Å²) in [5.74, 6) is 0.681. The highest BCUT2D eigenvalue weighted by molar-refractivity contribution is 7.13. The minimum absolute atomic E-state index is 0.122. The first-order valence-electron chi connectivity index (χ1n) is 10.7. The Labute approximate surface area is 204 Å². The number of rotatable bonds is 8. The van der Waals surface area contributed by atoms with Crippen LogP contribution in [0.1, 0.15) is 18.4 Å². The van der Waals surface area contributed by atoms with Crippen molar-refractivity contribution in [1.82, 2.24) is 19.9 Å². The molecular weight excluding hydrogens is 471 g/mol. The molecule has 0 saturated carbocycles. The monoisotopic (exact) mass is 494 g/mol. The van der Waals surface area contributed by atoms with Crippen molar-refractivity contribution in [2.75, 3.05) is 20.8 Å². The second kappa shape index (κ2) is 10.5. The topological polar surface area (TPSA) is 97.4 Å². The number of halogens is 1. The van der Waals surface area contributed by atoms with Gasteiger partial charge in [-0.2, -0.15) is 0 Å². The van der Waals surface area contributed by atoms with Crippen molar-refractivity contribution in [3.63, 3.8) is 0 Å². The zero-order valence-corrected chi connectivity index (χ0v) is 20.2. The van der Waals surface area contributed by atoms with Crippen LogP contribution < -0.4 is 15.0 Å². The van der Waals surface area contributed by atoms with Gasteiger partial charge < -0.3 is 19.4 Å². The molecule has 0 saturated heterocycles. The van der Waals surface area contributed by atoms with Gasteiger partial charge in [0.2, 0.25) is 5.91 Å². The molecule has 0 atom stereocenters. The van der Waals surface area contributed by atoms with Gasteiger partial charge in [0.25, 0.3) is 5.56 Å². The largest absolute Gasteiger partial charge is 0.493 e. The van der Waals surface area contributed by atoms with Crippen molar-refractivity contribution in [2.45, 2.75) is 13.5 Å². The molecule has 0 fully saturated rings. The van der Waals surface area contributed by atoms with Crippen molar-refractivity contribution >= 4 is 34.2 Å². The van der Waals surface area contributed by atoms with E-state index < -0.39 is 0 Å². The number of likely N-dealkylation sites (N-methyl/N-ethyl adjacent to an activating group) is 1. The van der Waals surface area contributed by atoms with Crippen LogP contribution in [0.15, 0.2) is 52.6 Å². The van der Waals surface area contributed by atoms with Crippen LogP contribution in [-0.4, -0.2) is 46.5 Å². The van der Waals surface area contributed by atoms with E-state index in [1.54, 1.807) is 35.2 Å². The average molecular weight is 495 g/mol. The van der Waals surface area contributed by atoms with E-state index in [9.17, 15) is 14.0 Å². The zero-order valence-electron chi connectivity index (χ0n) is 19.4. The number of ether oxygens (including phenoxy) is 2. The number of amides is 1. The van der Waals surface area contributed by atoms with Crippen molar-refractivity contribution < 1.29 is 18.7 Å². The lowest BCUT2D eigenvalue weighted by Gasteiger charge is -2.18. The molecule has 1 amide bonds. The minimum atomic E-state index is -0.333. The molecule has 8 nitrogen and oxygen atoms in total. The van der Waals surface area contributed by atoms with Crippen LogP contribution in [0.2, 0.25) is 0 Å². The van der Waals surface area contributed by atoms with Gasteiger partial charge in [-0.1, -0.05) is 0 Å². The van der Waals surface area contributed by atoms with Crippen molar-refractivity contribution in [2.24, 2.45) is 0 Å². The van der Waals surface area contributed by atoms with Crippen LogP contribution in [-0.2, 0) is 11.3 Å². The van der Waals surface area contributed by atoms with Crippen molar-refractivity contribution in [3.8, 4) is 22.1 Å². The second-order valence-corrected chi connectivity index (χ2v) is 8.37. The molecule has 35 heavy (non-hydrogen) atoms. The number of nitrogens with one attached hydrogen (secondary N) is 1. The summed E-state index contributed by atoms with van der Waals surface area (Å²) in [6, 6.07) is 9.29. The molecule has 0 aliphatic rings. The Morgan fingerprint density at radius 1 is 1.14 bits per heavy atom. The lowest BCUT2D eigenvalue weighted by Crippen LogP contribution is -2.30. The molecular formula is C25H23FN4O4S. The van der Waals surface area contributed by atoms with E-state index in [0.29, 0.717) is 40.5 Å². The number of benzene rings is 2. The van der Waals surface area contributed by atoms with E-state index in [1.807, 2.05) is 12.3 Å². The lowest BCUT2D eigenvalue weighted by atomic mass is 10.2. The number of fused-ring (bicyclic) bond motifs is 1. The van der Waals surface area contributed by atoms with Gasteiger partial charge in [-0.05, 0) is 43.3 Å². The summed E-state index contributed by atoms with van der Waals surface area (Å²) in [6.45, 7) is 2.38. The Morgan fingerprint density at radius 3 is 2.54 bits per heavy atom. The molecule has 0 aliphatic heterocycles. The zero-order chi connectivity index (χ0) is 24.9. The molecule has 4 aromatic rings. The fourth-order valence-electron chi connectivity index (χ4n) is 3.47. The minimum Gasteiger partial charge on any atom is -0.493 e. The number of hydrogen-bond acceptors (Lipinski definition) is 7. The van der Waals surface area contributed by atoms with E-state index in [0.717, 1.165) is 10.6 Å². The molecule has 2 aromatic carbocycles. The lowest BCUT2D eigenvalue weighted by molar-refractivity contribution is -0.126. The highest BCUT2D eigenvalue weighted by Gasteiger charge is 2.15. The number of hydrogen-bond donors (Lipinski definition) is 1.